The Labute approximate surface area is 258 Å². The highest BCUT2D eigenvalue weighted by atomic mass is 16.7. The van der Waals surface area contributed by atoms with Gasteiger partial charge in [0.25, 0.3) is 0 Å². The molecule has 3 rings (SSSR count). The zero-order chi connectivity index (χ0) is 33.4. The van der Waals surface area contributed by atoms with Gasteiger partial charge in [0, 0.05) is 44.7 Å². The Hall–Kier alpha value is -4.12. The van der Waals surface area contributed by atoms with Crippen molar-refractivity contribution in [3.05, 3.63) is 23.8 Å². The highest BCUT2D eigenvalue weighted by molar-refractivity contribution is 6.04. The van der Waals surface area contributed by atoms with E-state index in [1.807, 2.05) is 13.8 Å². The first-order chi connectivity index (χ1) is 21.2. The predicted molar refractivity (Wildman–Crippen MR) is 152 cm³/mol. The fraction of sp³-hybridized carbons (Fsp3) is 0.586. The standard InChI is InChI=1S/C29H39N3O13/c1-4-22(36)43-13-15-5-6-18(44-29-25(39)23(37)24(38)26(45-29)28(41)42)17(11-15)31-20(34)7-9-30-19(33)8-10-32-21(35)12-16(14(2)3)27(32)40/h5-6,11,14,16,23-26,29,37-39H,4,7-10,12-13H2,1-3H3,(H,30,33)(H,31,34)(H,41,42)/t16?,23?,24-,25?,26?,29+/m0/s1. The van der Waals surface area contributed by atoms with Crippen LogP contribution in [0.3, 0.4) is 0 Å². The Kier molecular flexibility index (Phi) is 12.4. The first-order valence-electron chi connectivity index (χ1n) is 14.5. The number of carbonyl (C=O) groups is 6. The van der Waals surface area contributed by atoms with Crippen LogP contribution in [0, 0.1) is 11.8 Å². The van der Waals surface area contributed by atoms with Crippen molar-refractivity contribution in [2.24, 2.45) is 11.8 Å². The lowest BCUT2D eigenvalue weighted by molar-refractivity contribution is -0.271. The Bertz CT molecular complexity index is 1290. The van der Waals surface area contributed by atoms with Crippen LogP contribution in [0.5, 0.6) is 5.75 Å². The van der Waals surface area contributed by atoms with Crippen molar-refractivity contribution < 1.29 is 63.4 Å². The van der Waals surface area contributed by atoms with Crippen LogP contribution in [0.4, 0.5) is 5.69 Å². The van der Waals surface area contributed by atoms with E-state index in [1.165, 1.54) is 18.2 Å². The van der Waals surface area contributed by atoms with Gasteiger partial charge >= 0.3 is 11.9 Å². The molecule has 0 spiro atoms. The number of aliphatic carboxylic acids is 1. The molecule has 0 aliphatic carbocycles. The molecule has 1 aromatic rings. The topological polar surface area (TPSA) is 238 Å². The van der Waals surface area contributed by atoms with E-state index >= 15 is 0 Å². The summed E-state index contributed by atoms with van der Waals surface area (Å²) in [7, 11) is 0. The molecule has 2 aliphatic rings. The third kappa shape index (κ3) is 9.20. The molecular weight excluding hydrogens is 598 g/mol. The molecule has 0 aromatic heterocycles. The molecule has 2 aliphatic heterocycles. The van der Waals surface area contributed by atoms with Crippen molar-refractivity contribution in [1.82, 2.24) is 10.2 Å². The molecule has 6 N–H and O–H groups in total. The second-order valence-corrected chi connectivity index (χ2v) is 11.0. The lowest BCUT2D eigenvalue weighted by Crippen LogP contribution is -2.61. The minimum absolute atomic E-state index is 0.00170. The number of aliphatic hydroxyl groups is 3. The maximum atomic E-state index is 12.8. The van der Waals surface area contributed by atoms with Gasteiger partial charge < -0.3 is 45.3 Å². The summed E-state index contributed by atoms with van der Waals surface area (Å²) in [6, 6.07) is 4.21. The van der Waals surface area contributed by atoms with Gasteiger partial charge in [-0.2, -0.15) is 0 Å². The van der Waals surface area contributed by atoms with Crippen LogP contribution in [0.2, 0.25) is 0 Å². The second kappa shape index (κ2) is 15.7. The zero-order valence-corrected chi connectivity index (χ0v) is 25.1. The molecule has 1 aromatic carbocycles. The summed E-state index contributed by atoms with van der Waals surface area (Å²) in [6.45, 7) is 4.99. The molecule has 0 bridgehead atoms. The molecule has 2 fully saturated rings. The third-order valence-electron chi connectivity index (χ3n) is 7.38. The number of carboxylic acids is 1. The molecule has 6 atom stereocenters. The lowest BCUT2D eigenvalue weighted by Gasteiger charge is -2.38. The minimum atomic E-state index is -1.93. The number of nitrogens with one attached hydrogen (secondary N) is 2. The predicted octanol–water partition coefficient (Wildman–Crippen LogP) is -0.723. The number of likely N-dealkylation sites (tertiary alicyclic amines) is 1. The molecule has 4 unspecified atom stereocenters. The number of hydrogen-bond donors (Lipinski definition) is 6. The second-order valence-electron chi connectivity index (χ2n) is 11.0. The number of imide groups is 1. The smallest absolute Gasteiger partial charge is 0.335 e. The Morgan fingerprint density at radius 2 is 1.76 bits per heavy atom. The van der Waals surface area contributed by atoms with E-state index in [0.29, 0.717) is 5.56 Å². The van der Waals surface area contributed by atoms with E-state index < -0.39 is 60.4 Å². The number of nitrogens with zero attached hydrogens (tertiary/aromatic N) is 1. The van der Waals surface area contributed by atoms with Crippen LogP contribution in [-0.2, 0) is 44.8 Å². The van der Waals surface area contributed by atoms with E-state index in [9.17, 15) is 49.2 Å². The molecule has 4 amide bonds. The fourth-order valence-corrected chi connectivity index (χ4v) is 4.70. The quantitative estimate of drug-likeness (QED) is 0.109. The van der Waals surface area contributed by atoms with E-state index in [0.717, 1.165) is 4.90 Å². The Morgan fingerprint density at radius 3 is 2.38 bits per heavy atom. The first-order valence-corrected chi connectivity index (χ1v) is 14.5. The number of rotatable bonds is 14. The normalized spacial score (nSPS) is 24.8. The van der Waals surface area contributed by atoms with E-state index in [1.54, 1.807) is 6.92 Å². The number of carbonyl (C=O) groups excluding carboxylic acids is 5. The van der Waals surface area contributed by atoms with E-state index in [4.69, 9.17) is 14.2 Å². The van der Waals surface area contributed by atoms with Gasteiger partial charge in [-0.25, -0.2) is 4.79 Å². The number of amides is 4. The first kappa shape index (κ1) is 35.4. The molecule has 0 saturated carbocycles. The van der Waals surface area contributed by atoms with Crippen LogP contribution in [0.15, 0.2) is 18.2 Å². The number of ether oxygens (including phenoxy) is 3. The lowest BCUT2D eigenvalue weighted by atomic mass is 9.94. The van der Waals surface area contributed by atoms with Crippen molar-refractivity contribution >= 4 is 41.3 Å². The molecule has 0 radical (unpaired) electrons. The number of benzene rings is 1. The summed E-state index contributed by atoms with van der Waals surface area (Å²) in [5.41, 5.74) is 0.438. The maximum absolute atomic E-state index is 12.8. The number of esters is 1. The molecule has 2 heterocycles. The van der Waals surface area contributed by atoms with Gasteiger partial charge in [-0.3, -0.25) is 28.9 Å². The van der Waals surface area contributed by atoms with Gasteiger partial charge in [0.1, 0.15) is 30.7 Å². The molecule has 16 heteroatoms. The highest BCUT2D eigenvalue weighted by Gasteiger charge is 2.48. The summed E-state index contributed by atoms with van der Waals surface area (Å²) in [5, 5.41) is 44.8. The van der Waals surface area contributed by atoms with Gasteiger partial charge in [0.15, 0.2) is 6.10 Å². The summed E-state index contributed by atoms with van der Waals surface area (Å²) < 4.78 is 15.9. The number of hydrogen-bond acceptors (Lipinski definition) is 12. The highest BCUT2D eigenvalue weighted by Crippen LogP contribution is 2.31. The summed E-state index contributed by atoms with van der Waals surface area (Å²) >= 11 is 0. The van der Waals surface area contributed by atoms with Crippen molar-refractivity contribution in [2.45, 2.75) is 83.8 Å². The van der Waals surface area contributed by atoms with Crippen LogP contribution in [0.25, 0.3) is 0 Å². The number of anilines is 1. The largest absolute Gasteiger partial charge is 0.479 e. The van der Waals surface area contributed by atoms with Gasteiger partial charge in [-0.05, 0) is 23.6 Å². The fourth-order valence-electron chi connectivity index (χ4n) is 4.70. The minimum Gasteiger partial charge on any atom is -0.479 e. The van der Waals surface area contributed by atoms with Crippen molar-refractivity contribution in [1.29, 1.82) is 0 Å². The molecular formula is C29H39N3O13. The average Bonchev–Trinajstić information content (AvgIpc) is 3.28. The number of carboxylic acid groups (broad SMARTS) is 1. The summed E-state index contributed by atoms with van der Waals surface area (Å²) in [5.74, 6) is -4.31. The van der Waals surface area contributed by atoms with Gasteiger partial charge in [0.2, 0.25) is 29.9 Å². The van der Waals surface area contributed by atoms with Crippen molar-refractivity contribution in [3.63, 3.8) is 0 Å². The van der Waals surface area contributed by atoms with Crippen molar-refractivity contribution in [2.75, 3.05) is 18.4 Å². The average molecular weight is 638 g/mol. The zero-order valence-electron chi connectivity index (χ0n) is 25.1. The number of aliphatic hydroxyl groups excluding tert-OH is 3. The van der Waals surface area contributed by atoms with E-state index in [2.05, 4.69) is 10.6 Å². The maximum Gasteiger partial charge on any atom is 0.335 e. The Balaban J connectivity index is 1.62. The van der Waals surface area contributed by atoms with Crippen LogP contribution >= 0.6 is 0 Å². The SMILES string of the molecule is CCC(=O)OCc1ccc(O[C@@H]2OC(C(=O)O)[C@@H](O)C(O)C2O)c(NC(=O)CCNC(=O)CCN2C(=O)CC(C(C)C)C2=O)c1. The molecule has 16 nitrogen and oxygen atoms in total. The monoisotopic (exact) mass is 637 g/mol. The van der Waals surface area contributed by atoms with Gasteiger partial charge in [0.05, 0.1) is 5.69 Å². The van der Waals surface area contributed by atoms with Gasteiger partial charge in [-0.15, -0.1) is 0 Å². The third-order valence-corrected chi connectivity index (χ3v) is 7.38. The van der Waals surface area contributed by atoms with Crippen molar-refractivity contribution in [3.8, 4) is 5.75 Å². The van der Waals surface area contributed by atoms with Gasteiger partial charge in [-0.1, -0.05) is 26.8 Å². The summed E-state index contributed by atoms with van der Waals surface area (Å²) in [4.78, 5) is 73.8. The Morgan fingerprint density at radius 1 is 1.04 bits per heavy atom. The van der Waals surface area contributed by atoms with Crippen LogP contribution in [-0.4, -0.2) is 105 Å². The molecule has 248 valence electrons. The summed E-state index contributed by atoms with van der Waals surface area (Å²) in [6.07, 6.45) is -9.49. The van der Waals surface area contributed by atoms with Crippen LogP contribution < -0.4 is 15.4 Å². The van der Waals surface area contributed by atoms with Crippen LogP contribution in [0.1, 0.15) is 52.0 Å². The molecule has 2 saturated heterocycles. The van der Waals surface area contributed by atoms with E-state index in [-0.39, 0.29) is 74.5 Å². The molecule has 45 heavy (non-hydrogen) atoms.